The zero-order valence-corrected chi connectivity index (χ0v) is 20.7. The molecule has 0 aliphatic heterocycles. The summed E-state index contributed by atoms with van der Waals surface area (Å²) in [6.45, 7) is 7.90. The average molecular weight is 512 g/mol. The Kier molecular flexibility index (Phi) is 9.34. The normalized spacial score (nSPS) is 11.4. The number of anilines is 1. The largest absolute Gasteiger partial charge is 0.462 e. The van der Waals surface area contributed by atoms with Crippen LogP contribution in [0.3, 0.4) is 0 Å². The van der Waals surface area contributed by atoms with E-state index >= 15 is 0 Å². The summed E-state index contributed by atoms with van der Waals surface area (Å²) >= 11 is 1.19. The Hall–Kier alpha value is -3.99. The summed E-state index contributed by atoms with van der Waals surface area (Å²) in [6, 6.07) is 11.1. The summed E-state index contributed by atoms with van der Waals surface area (Å²) in [5.74, 6) is -0.945. The van der Waals surface area contributed by atoms with Crippen molar-refractivity contribution in [2.24, 2.45) is 0 Å². The lowest BCUT2D eigenvalue weighted by Gasteiger charge is -2.15. The monoisotopic (exact) mass is 511 g/mol. The molecule has 0 spiro atoms. The number of halogens is 1. The van der Waals surface area contributed by atoms with E-state index in [1.807, 2.05) is 0 Å². The molecule has 0 saturated heterocycles. The Morgan fingerprint density at radius 2 is 1.78 bits per heavy atom. The maximum Gasteiger partial charge on any atom is 0.338 e. The molecule has 1 unspecified atom stereocenters. The third-order valence-corrected chi connectivity index (χ3v) is 5.88. The summed E-state index contributed by atoms with van der Waals surface area (Å²) in [7, 11) is 0. The van der Waals surface area contributed by atoms with Crippen LogP contribution in [0.15, 0.2) is 66.3 Å². The van der Waals surface area contributed by atoms with Gasteiger partial charge >= 0.3 is 5.97 Å². The molecular weight excluding hydrogens is 485 g/mol. The quantitative estimate of drug-likeness (QED) is 0.227. The molecule has 188 valence electrons. The third-order valence-electron chi connectivity index (χ3n) is 4.91. The minimum absolute atomic E-state index is 0.0607. The fourth-order valence-electron chi connectivity index (χ4n) is 3.20. The minimum atomic E-state index is -0.504. The predicted molar refractivity (Wildman–Crippen MR) is 134 cm³/mol. The second-order valence-electron chi connectivity index (χ2n) is 7.58. The number of nitrogens with one attached hydrogen (secondary N) is 2. The first-order chi connectivity index (χ1) is 17.3. The van der Waals surface area contributed by atoms with Crippen molar-refractivity contribution in [2.45, 2.75) is 31.6 Å². The number of esters is 1. The van der Waals surface area contributed by atoms with Gasteiger partial charge in [-0.05, 0) is 62.4 Å². The smallest absolute Gasteiger partial charge is 0.338 e. The van der Waals surface area contributed by atoms with E-state index in [9.17, 15) is 18.8 Å². The Morgan fingerprint density at radius 1 is 1.11 bits per heavy atom. The van der Waals surface area contributed by atoms with E-state index in [0.29, 0.717) is 34.3 Å². The molecule has 0 aliphatic carbocycles. The Bertz CT molecular complexity index is 1230. The van der Waals surface area contributed by atoms with Crippen molar-refractivity contribution in [2.75, 3.05) is 17.7 Å². The summed E-state index contributed by atoms with van der Waals surface area (Å²) in [5, 5.41) is 14.4. The molecule has 11 heteroatoms. The van der Waals surface area contributed by atoms with Crippen LogP contribution in [0.4, 0.5) is 10.1 Å². The lowest BCUT2D eigenvalue weighted by molar-refractivity contribution is -0.113. The van der Waals surface area contributed by atoms with Gasteiger partial charge < -0.3 is 19.9 Å². The van der Waals surface area contributed by atoms with Gasteiger partial charge in [0.15, 0.2) is 11.0 Å². The van der Waals surface area contributed by atoms with E-state index in [2.05, 4.69) is 27.4 Å². The average Bonchev–Trinajstić information content (AvgIpc) is 3.26. The minimum Gasteiger partial charge on any atom is -0.462 e. The lowest BCUT2D eigenvalue weighted by Crippen LogP contribution is -2.28. The number of allylic oxidation sites excluding steroid dienone is 1. The molecule has 3 aromatic rings. The van der Waals surface area contributed by atoms with Crippen LogP contribution < -0.4 is 10.6 Å². The topological polar surface area (TPSA) is 115 Å². The van der Waals surface area contributed by atoms with E-state index in [4.69, 9.17) is 4.74 Å². The first-order valence-corrected chi connectivity index (χ1v) is 12.1. The van der Waals surface area contributed by atoms with Crippen molar-refractivity contribution in [3.63, 3.8) is 0 Å². The highest BCUT2D eigenvalue weighted by Crippen LogP contribution is 2.22. The summed E-state index contributed by atoms with van der Waals surface area (Å²) in [5.41, 5.74) is 1.26. The first-order valence-electron chi connectivity index (χ1n) is 11.1. The molecule has 0 bridgehead atoms. The van der Waals surface area contributed by atoms with E-state index in [0.717, 1.165) is 0 Å². The van der Waals surface area contributed by atoms with Gasteiger partial charge in [0, 0.05) is 17.8 Å². The van der Waals surface area contributed by atoms with Gasteiger partial charge in [0.25, 0.3) is 5.91 Å². The van der Waals surface area contributed by atoms with Crippen molar-refractivity contribution in [1.82, 2.24) is 20.1 Å². The summed E-state index contributed by atoms with van der Waals surface area (Å²) < 4.78 is 19.8. The number of amides is 2. The molecule has 0 saturated carbocycles. The number of aromatic nitrogens is 3. The predicted octanol–water partition coefficient (Wildman–Crippen LogP) is 4.00. The molecule has 1 heterocycles. The standard InChI is InChI=1S/C25H26FN5O4S/c1-4-14-31-22(16(3)27-23(33)17-6-10-19(26)11-7-17)29-30-25(31)36-15-21(32)28-20-12-8-18(9-13-20)24(34)35-5-2/h4,6-13,16H,1,5,14-15H2,2-3H3,(H,27,33)(H,28,32). The van der Waals surface area contributed by atoms with Crippen LogP contribution in [0.5, 0.6) is 0 Å². The zero-order chi connectivity index (χ0) is 26.1. The molecule has 2 N–H and O–H groups in total. The molecular formula is C25H26FN5O4S. The molecule has 2 aromatic carbocycles. The van der Waals surface area contributed by atoms with Gasteiger partial charge in [-0.1, -0.05) is 17.8 Å². The SMILES string of the molecule is C=CCn1c(SCC(=O)Nc2ccc(C(=O)OCC)cc2)nnc1C(C)NC(=O)c1ccc(F)cc1. The van der Waals surface area contributed by atoms with Crippen LogP contribution >= 0.6 is 11.8 Å². The maximum absolute atomic E-state index is 13.1. The van der Waals surface area contributed by atoms with Gasteiger partial charge in [0.05, 0.1) is 24.0 Å². The van der Waals surface area contributed by atoms with E-state index in [1.165, 1.54) is 36.0 Å². The van der Waals surface area contributed by atoms with Crippen LogP contribution in [0.2, 0.25) is 0 Å². The van der Waals surface area contributed by atoms with Crippen molar-refractivity contribution in [3.8, 4) is 0 Å². The van der Waals surface area contributed by atoms with Crippen LogP contribution in [-0.4, -0.2) is 44.9 Å². The summed E-state index contributed by atoms with van der Waals surface area (Å²) in [4.78, 5) is 36.7. The zero-order valence-electron chi connectivity index (χ0n) is 19.9. The molecule has 0 radical (unpaired) electrons. The van der Waals surface area contributed by atoms with Gasteiger partial charge in [-0.3, -0.25) is 9.59 Å². The molecule has 3 rings (SSSR count). The highest BCUT2D eigenvalue weighted by atomic mass is 32.2. The van der Waals surface area contributed by atoms with Crippen molar-refractivity contribution >= 4 is 35.2 Å². The molecule has 0 aliphatic rings. The van der Waals surface area contributed by atoms with E-state index in [-0.39, 0.29) is 24.2 Å². The number of rotatable bonds is 11. The van der Waals surface area contributed by atoms with E-state index < -0.39 is 17.8 Å². The lowest BCUT2D eigenvalue weighted by atomic mass is 10.2. The number of hydrogen-bond donors (Lipinski definition) is 2. The summed E-state index contributed by atoms with van der Waals surface area (Å²) in [6.07, 6.45) is 1.66. The fourth-order valence-corrected chi connectivity index (χ4v) is 3.96. The van der Waals surface area contributed by atoms with Gasteiger partial charge in [0.1, 0.15) is 5.82 Å². The van der Waals surface area contributed by atoms with Crippen molar-refractivity contribution < 1.29 is 23.5 Å². The highest BCUT2D eigenvalue weighted by Gasteiger charge is 2.20. The number of thioether (sulfide) groups is 1. The molecule has 36 heavy (non-hydrogen) atoms. The van der Waals surface area contributed by atoms with Gasteiger partial charge in [0.2, 0.25) is 5.91 Å². The number of hydrogen-bond acceptors (Lipinski definition) is 7. The highest BCUT2D eigenvalue weighted by molar-refractivity contribution is 7.99. The molecule has 1 aromatic heterocycles. The molecule has 9 nitrogen and oxygen atoms in total. The van der Waals surface area contributed by atoms with Gasteiger partial charge in [-0.15, -0.1) is 16.8 Å². The van der Waals surface area contributed by atoms with Crippen LogP contribution in [0.25, 0.3) is 0 Å². The second kappa shape index (κ2) is 12.6. The maximum atomic E-state index is 13.1. The van der Waals surface area contributed by atoms with Crippen LogP contribution in [-0.2, 0) is 16.1 Å². The fraction of sp³-hybridized carbons (Fsp3) is 0.240. The van der Waals surface area contributed by atoms with Crippen LogP contribution in [0, 0.1) is 5.82 Å². The Labute approximate surface area is 212 Å². The number of carbonyl (C=O) groups excluding carboxylic acids is 3. The van der Waals surface area contributed by atoms with Crippen LogP contribution in [0.1, 0.15) is 46.4 Å². The number of benzene rings is 2. The molecule has 2 amide bonds. The Balaban J connectivity index is 1.61. The van der Waals surface area contributed by atoms with Gasteiger partial charge in [-0.25, -0.2) is 9.18 Å². The third kappa shape index (κ3) is 7.01. The number of carbonyl (C=O) groups is 3. The molecule has 1 atom stereocenters. The number of ether oxygens (including phenoxy) is 1. The van der Waals surface area contributed by atoms with Crippen molar-refractivity contribution in [3.05, 3.63) is 84.0 Å². The van der Waals surface area contributed by atoms with Gasteiger partial charge in [-0.2, -0.15) is 0 Å². The Morgan fingerprint density at radius 3 is 2.42 bits per heavy atom. The first kappa shape index (κ1) is 26.6. The van der Waals surface area contributed by atoms with E-state index in [1.54, 1.807) is 48.8 Å². The second-order valence-corrected chi connectivity index (χ2v) is 8.52. The van der Waals surface area contributed by atoms with Crippen molar-refractivity contribution in [1.29, 1.82) is 0 Å². The molecule has 0 fully saturated rings. The number of nitrogens with zero attached hydrogens (tertiary/aromatic N) is 3.